The molecule has 1 aromatic carbocycles. The van der Waals surface area contributed by atoms with Gasteiger partial charge < -0.3 is 9.84 Å². The largest absolute Gasteiger partial charge is 0.345 e. The van der Waals surface area contributed by atoms with Crippen LogP contribution in [0.1, 0.15) is 47.4 Å². The third-order valence-corrected chi connectivity index (χ3v) is 6.64. The number of rotatable bonds is 6. The Balaban J connectivity index is 1.21. The maximum Gasteiger partial charge on any atom is 0.292 e. The minimum Gasteiger partial charge on any atom is -0.345 e. The van der Waals surface area contributed by atoms with Crippen LogP contribution in [0, 0.1) is 6.92 Å². The lowest BCUT2D eigenvalue weighted by atomic mass is 10.0. The van der Waals surface area contributed by atoms with E-state index in [-0.39, 0.29) is 17.1 Å². The summed E-state index contributed by atoms with van der Waals surface area (Å²) in [6.45, 7) is 4.44. The van der Waals surface area contributed by atoms with Crippen molar-refractivity contribution < 1.29 is 9.32 Å². The molecule has 0 bridgehead atoms. The van der Waals surface area contributed by atoms with Crippen LogP contribution in [0.2, 0.25) is 0 Å². The molecule has 1 amide bonds. The smallest absolute Gasteiger partial charge is 0.292 e. The highest BCUT2D eigenvalue weighted by Crippen LogP contribution is 2.46. The molecule has 0 aliphatic heterocycles. The van der Waals surface area contributed by atoms with E-state index < -0.39 is 0 Å². The van der Waals surface area contributed by atoms with Crippen molar-refractivity contribution in [1.82, 2.24) is 39.8 Å². The Bertz CT molecular complexity index is 1570. The van der Waals surface area contributed by atoms with Gasteiger partial charge in [-0.05, 0) is 43.0 Å². The van der Waals surface area contributed by atoms with Gasteiger partial charge in [-0.1, -0.05) is 24.2 Å². The average Bonchev–Trinajstić information content (AvgIpc) is 3.26. The molecule has 0 atom stereocenters. The number of hydrogen-bond acceptors (Lipinski definition) is 7. The number of aryl methyl sites for hydroxylation is 2. The number of fused-ring (bicyclic) bond motifs is 1. The lowest BCUT2D eigenvalue weighted by Gasteiger charge is -2.10. The Labute approximate surface area is 201 Å². The second-order valence-corrected chi connectivity index (χ2v) is 9.38. The standard InChI is InChI=1S/C25H24N8O2/c1-15-8-16(21-20-9-18(13-33(20)29-14-27-21)19-11-28-32(3)12-19)4-5-17(15)10-26-23(34)22-30-24(35-31-22)25(2)6-7-25/h4-5,8-9,11-14H,6-7,10H2,1-3H3,(H,26,34). The van der Waals surface area contributed by atoms with Gasteiger partial charge in [-0.2, -0.15) is 15.2 Å². The third kappa shape index (κ3) is 3.86. The maximum atomic E-state index is 12.5. The highest BCUT2D eigenvalue weighted by Gasteiger charge is 2.44. The van der Waals surface area contributed by atoms with E-state index in [9.17, 15) is 4.79 Å². The van der Waals surface area contributed by atoms with E-state index in [1.165, 1.54) is 0 Å². The third-order valence-electron chi connectivity index (χ3n) is 6.64. The predicted molar refractivity (Wildman–Crippen MR) is 127 cm³/mol. The minimum absolute atomic E-state index is 0.0664. The quantitative estimate of drug-likeness (QED) is 0.406. The first-order valence-corrected chi connectivity index (χ1v) is 11.4. The van der Waals surface area contributed by atoms with Gasteiger partial charge in [0.25, 0.3) is 11.7 Å². The van der Waals surface area contributed by atoms with Crippen molar-refractivity contribution in [3.63, 3.8) is 0 Å². The zero-order valence-corrected chi connectivity index (χ0v) is 19.7. The summed E-state index contributed by atoms with van der Waals surface area (Å²) in [5.74, 6) is 0.265. The molecule has 1 saturated carbocycles. The lowest BCUT2D eigenvalue weighted by molar-refractivity contribution is 0.0937. The number of nitrogens with zero attached hydrogens (tertiary/aromatic N) is 7. The molecule has 6 rings (SSSR count). The molecule has 0 unspecified atom stereocenters. The van der Waals surface area contributed by atoms with Gasteiger partial charge in [0.05, 0.1) is 17.4 Å². The van der Waals surface area contributed by atoms with Gasteiger partial charge in [-0.15, -0.1) is 0 Å². The molecule has 5 aromatic rings. The first-order valence-electron chi connectivity index (χ1n) is 11.4. The number of aromatic nitrogens is 7. The van der Waals surface area contributed by atoms with Gasteiger partial charge in [0.2, 0.25) is 5.89 Å². The highest BCUT2D eigenvalue weighted by molar-refractivity contribution is 5.90. The van der Waals surface area contributed by atoms with Crippen molar-refractivity contribution in [3.8, 4) is 22.4 Å². The van der Waals surface area contributed by atoms with Crippen molar-refractivity contribution in [2.24, 2.45) is 7.05 Å². The van der Waals surface area contributed by atoms with Gasteiger partial charge in [0, 0.05) is 48.1 Å². The van der Waals surface area contributed by atoms with E-state index in [4.69, 9.17) is 4.52 Å². The van der Waals surface area contributed by atoms with Crippen molar-refractivity contribution in [2.75, 3.05) is 0 Å². The number of carbonyl (C=O) groups excluding carboxylic acids is 1. The van der Waals surface area contributed by atoms with Gasteiger partial charge >= 0.3 is 0 Å². The Morgan fingerprint density at radius 2 is 2.00 bits per heavy atom. The van der Waals surface area contributed by atoms with Crippen LogP contribution < -0.4 is 5.32 Å². The summed E-state index contributed by atoms with van der Waals surface area (Å²) in [6, 6.07) is 8.15. The fourth-order valence-corrected chi connectivity index (χ4v) is 4.14. The molecule has 0 radical (unpaired) electrons. The van der Waals surface area contributed by atoms with Crippen molar-refractivity contribution in [1.29, 1.82) is 0 Å². The molecular formula is C25H24N8O2. The Morgan fingerprint density at radius 1 is 1.14 bits per heavy atom. The monoisotopic (exact) mass is 468 g/mol. The lowest BCUT2D eigenvalue weighted by Crippen LogP contribution is -2.24. The molecule has 1 aliphatic carbocycles. The summed E-state index contributed by atoms with van der Waals surface area (Å²) in [5, 5.41) is 15.4. The van der Waals surface area contributed by atoms with Crippen LogP contribution in [0.3, 0.4) is 0 Å². The molecule has 10 nitrogen and oxygen atoms in total. The number of amides is 1. The second-order valence-electron chi connectivity index (χ2n) is 9.38. The van der Waals surface area contributed by atoms with E-state index in [0.717, 1.165) is 51.9 Å². The van der Waals surface area contributed by atoms with Crippen LogP contribution in [0.5, 0.6) is 0 Å². The van der Waals surface area contributed by atoms with E-state index in [1.54, 1.807) is 11.0 Å². The summed E-state index contributed by atoms with van der Waals surface area (Å²) in [4.78, 5) is 21.4. The molecule has 0 saturated heterocycles. The molecule has 1 aliphatic rings. The summed E-state index contributed by atoms with van der Waals surface area (Å²) in [7, 11) is 1.89. The highest BCUT2D eigenvalue weighted by atomic mass is 16.5. The summed E-state index contributed by atoms with van der Waals surface area (Å²) in [6.07, 6.45) is 9.34. The maximum absolute atomic E-state index is 12.5. The van der Waals surface area contributed by atoms with Crippen molar-refractivity contribution in [2.45, 2.75) is 38.6 Å². The SMILES string of the molecule is Cc1cc(-c2ncnn3cc(-c4cnn(C)c4)cc23)ccc1CNC(=O)c1noc(C2(C)CC2)n1. The number of carbonyl (C=O) groups is 1. The Morgan fingerprint density at radius 3 is 2.74 bits per heavy atom. The van der Waals surface area contributed by atoms with Crippen LogP contribution in [0.15, 0.2) is 53.7 Å². The van der Waals surface area contributed by atoms with Crippen LogP contribution in [-0.2, 0) is 19.0 Å². The number of nitrogens with one attached hydrogen (secondary N) is 1. The molecule has 0 spiro atoms. The Hall–Kier alpha value is -4.34. The van der Waals surface area contributed by atoms with Crippen molar-refractivity contribution in [3.05, 3.63) is 72.0 Å². The van der Waals surface area contributed by atoms with Crippen molar-refractivity contribution >= 4 is 11.4 Å². The fraction of sp³-hybridized carbons (Fsp3) is 0.280. The minimum atomic E-state index is -0.346. The predicted octanol–water partition coefficient (Wildman–Crippen LogP) is 3.47. The molecular weight excluding hydrogens is 444 g/mol. The molecule has 4 heterocycles. The van der Waals surface area contributed by atoms with Gasteiger partial charge in [0.15, 0.2) is 0 Å². The number of hydrogen-bond donors (Lipinski definition) is 1. The summed E-state index contributed by atoms with van der Waals surface area (Å²) >= 11 is 0. The van der Waals surface area contributed by atoms with E-state index in [1.807, 2.05) is 49.2 Å². The molecule has 10 heteroatoms. The fourth-order valence-electron chi connectivity index (χ4n) is 4.14. The zero-order valence-electron chi connectivity index (χ0n) is 19.7. The topological polar surface area (TPSA) is 116 Å². The summed E-state index contributed by atoms with van der Waals surface area (Å²) in [5.41, 5.74) is 6.73. The van der Waals surface area contributed by atoms with Gasteiger partial charge in [0.1, 0.15) is 6.33 Å². The van der Waals surface area contributed by atoms with E-state index >= 15 is 0 Å². The van der Waals surface area contributed by atoms with E-state index in [2.05, 4.69) is 49.7 Å². The number of benzene rings is 1. The van der Waals surface area contributed by atoms with Crippen LogP contribution in [0.4, 0.5) is 0 Å². The molecule has 1 fully saturated rings. The summed E-state index contributed by atoms with van der Waals surface area (Å²) < 4.78 is 8.88. The van der Waals surface area contributed by atoms with Crippen LogP contribution in [0.25, 0.3) is 27.9 Å². The van der Waals surface area contributed by atoms with E-state index in [0.29, 0.717) is 12.4 Å². The Kier molecular flexibility index (Phi) is 4.77. The first kappa shape index (κ1) is 21.2. The van der Waals surface area contributed by atoms with Crippen LogP contribution >= 0.6 is 0 Å². The zero-order chi connectivity index (χ0) is 24.2. The van der Waals surface area contributed by atoms with Gasteiger partial charge in [-0.3, -0.25) is 9.48 Å². The molecule has 35 heavy (non-hydrogen) atoms. The second kappa shape index (κ2) is 7.86. The first-order chi connectivity index (χ1) is 16.9. The normalized spacial score (nSPS) is 14.4. The average molecular weight is 469 g/mol. The molecule has 1 N–H and O–H groups in total. The molecule has 176 valence electrons. The van der Waals surface area contributed by atoms with Gasteiger partial charge in [-0.25, -0.2) is 9.50 Å². The molecule has 4 aromatic heterocycles. The van der Waals surface area contributed by atoms with Crippen LogP contribution in [-0.4, -0.2) is 40.4 Å².